The van der Waals surface area contributed by atoms with E-state index in [0.29, 0.717) is 18.5 Å². The zero-order valence-corrected chi connectivity index (χ0v) is 13.1. The van der Waals surface area contributed by atoms with Crippen molar-refractivity contribution in [1.29, 1.82) is 0 Å². The van der Waals surface area contributed by atoms with E-state index in [0.717, 1.165) is 31.9 Å². The lowest BCUT2D eigenvalue weighted by Crippen LogP contribution is -3.16. The first-order valence-electron chi connectivity index (χ1n) is 8.25. The molecule has 1 heterocycles. The van der Waals surface area contributed by atoms with E-state index in [9.17, 15) is 9.18 Å². The van der Waals surface area contributed by atoms with Gasteiger partial charge in [0, 0.05) is 11.7 Å². The van der Waals surface area contributed by atoms with E-state index in [4.69, 9.17) is 0 Å². The van der Waals surface area contributed by atoms with Gasteiger partial charge in [-0.15, -0.1) is 0 Å². The summed E-state index contributed by atoms with van der Waals surface area (Å²) in [5, 5.41) is 3.12. The van der Waals surface area contributed by atoms with Gasteiger partial charge in [0.15, 0.2) is 6.54 Å². The van der Waals surface area contributed by atoms with Crippen molar-refractivity contribution in [2.24, 2.45) is 5.92 Å². The molecule has 1 aromatic carbocycles. The lowest BCUT2D eigenvalue weighted by atomic mass is 10.2. The molecule has 2 aliphatic rings. The molecule has 1 amide bonds. The van der Waals surface area contributed by atoms with Crippen molar-refractivity contribution in [3.05, 3.63) is 30.1 Å². The third-order valence-electron chi connectivity index (χ3n) is 4.79. The number of nitrogens with zero attached hydrogens (tertiary/aromatic N) is 1. The summed E-state index contributed by atoms with van der Waals surface area (Å²) in [4.78, 5) is 15.6. The predicted octanol–water partition coefficient (Wildman–Crippen LogP) is 0.445. The topological polar surface area (TPSA) is 36.8 Å². The first-order chi connectivity index (χ1) is 10.6. The molecule has 1 aliphatic carbocycles. The normalized spacial score (nSPS) is 20.7. The first kappa shape index (κ1) is 15.3. The Morgan fingerprint density at radius 2 is 1.95 bits per heavy atom. The highest BCUT2D eigenvalue weighted by Crippen LogP contribution is 2.32. The minimum atomic E-state index is -0.200. The van der Waals surface area contributed by atoms with Gasteiger partial charge in [-0.2, -0.15) is 0 Å². The Hall–Kier alpha value is -1.62. The van der Waals surface area contributed by atoms with Gasteiger partial charge in [-0.25, -0.2) is 4.39 Å². The van der Waals surface area contributed by atoms with Crippen molar-refractivity contribution < 1.29 is 14.1 Å². The van der Waals surface area contributed by atoms with Crippen LogP contribution in [0.1, 0.15) is 19.8 Å². The third-order valence-corrected chi connectivity index (χ3v) is 4.79. The largest absolute Gasteiger partial charge is 0.360 e. The number of quaternary nitrogens is 1. The molecule has 1 aromatic rings. The van der Waals surface area contributed by atoms with E-state index >= 15 is 0 Å². The van der Waals surface area contributed by atoms with Crippen molar-refractivity contribution in [2.75, 3.05) is 37.6 Å². The van der Waals surface area contributed by atoms with Gasteiger partial charge in [0.05, 0.1) is 26.2 Å². The standard InChI is InChI=1S/C17H24FN3O/c1-13(14-2-3-14)19-17(22)12-20-8-10-21(11-9-20)16-6-4-15(18)5-7-16/h4-7,13-14H,2-3,8-12H2,1H3,(H,19,22)/p+1/t13-/m0/s1. The van der Waals surface area contributed by atoms with E-state index in [1.54, 1.807) is 0 Å². The van der Waals surface area contributed by atoms with Crippen LogP contribution in [0.5, 0.6) is 0 Å². The van der Waals surface area contributed by atoms with Gasteiger partial charge in [-0.3, -0.25) is 4.79 Å². The Morgan fingerprint density at radius 1 is 1.32 bits per heavy atom. The number of amides is 1. The smallest absolute Gasteiger partial charge is 0.275 e. The summed E-state index contributed by atoms with van der Waals surface area (Å²) in [5.41, 5.74) is 1.06. The van der Waals surface area contributed by atoms with E-state index in [2.05, 4.69) is 17.1 Å². The second-order valence-corrected chi connectivity index (χ2v) is 6.58. The van der Waals surface area contributed by atoms with Gasteiger partial charge in [-0.05, 0) is 49.9 Å². The Labute approximate surface area is 131 Å². The first-order valence-corrected chi connectivity index (χ1v) is 8.25. The number of benzene rings is 1. The second kappa shape index (κ2) is 6.65. The molecule has 1 aliphatic heterocycles. The van der Waals surface area contributed by atoms with Gasteiger partial charge in [0.25, 0.3) is 5.91 Å². The van der Waals surface area contributed by atoms with Gasteiger partial charge in [0.2, 0.25) is 0 Å². The Balaban J connectivity index is 1.43. The molecular formula is C17H25FN3O+. The van der Waals surface area contributed by atoms with Crippen LogP contribution in [0, 0.1) is 11.7 Å². The molecule has 5 heteroatoms. The predicted molar refractivity (Wildman–Crippen MR) is 84.5 cm³/mol. The SMILES string of the molecule is C[C@H](NC(=O)C[NH+]1CCN(c2ccc(F)cc2)CC1)C1CC1. The van der Waals surface area contributed by atoms with Crippen LogP contribution in [0.4, 0.5) is 10.1 Å². The van der Waals surface area contributed by atoms with E-state index < -0.39 is 0 Å². The third kappa shape index (κ3) is 3.97. The zero-order valence-electron chi connectivity index (χ0n) is 13.1. The second-order valence-electron chi connectivity index (χ2n) is 6.58. The number of piperazine rings is 1. The Kier molecular flexibility index (Phi) is 4.62. The summed E-state index contributed by atoms with van der Waals surface area (Å²) < 4.78 is 13.0. The average molecular weight is 306 g/mol. The van der Waals surface area contributed by atoms with E-state index in [1.165, 1.54) is 29.9 Å². The fourth-order valence-electron chi connectivity index (χ4n) is 3.16. The molecule has 2 N–H and O–H groups in total. The lowest BCUT2D eigenvalue weighted by Gasteiger charge is -2.33. The molecule has 0 radical (unpaired) electrons. The summed E-state index contributed by atoms with van der Waals surface area (Å²) in [6.07, 6.45) is 2.51. The van der Waals surface area contributed by atoms with E-state index in [1.807, 2.05) is 12.1 Å². The minimum Gasteiger partial charge on any atom is -0.360 e. The minimum absolute atomic E-state index is 0.171. The Morgan fingerprint density at radius 3 is 2.55 bits per heavy atom. The van der Waals surface area contributed by atoms with E-state index in [-0.39, 0.29) is 11.7 Å². The molecule has 1 atom stereocenters. The summed E-state index contributed by atoms with van der Waals surface area (Å²) in [5.74, 6) is 0.674. The molecule has 120 valence electrons. The highest BCUT2D eigenvalue weighted by Gasteiger charge is 2.30. The van der Waals surface area contributed by atoms with Crippen molar-refractivity contribution in [3.63, 3.8) is 0 Å². The van der Waals surface area contributed by atoms with Gasteiger partial charge in [-0.1, -0.05) is 0 Å². The summed E-state index contributed by atoms with van der Waals surface area (Å²) in [6, 6.07) is 6.98. The fraction of sp³-hybridized carbons (Fsp3) is 0.588. The number of carbonyl (C=O) groups is 1. The highest BCUT2D eigenvalue weighted by atomic mass is 19.1. The van der Waals surface area contributed by atoms with Crippen LogP contribution in [-0.2, 0) is 4.79 Å². The van der Waals surface area contributed by atoms with Crippen molar-refractivity contribution >= 4 is 11.6 Å². The maximum absolute atomic E-state index is 13.0. The zero-order chi connectivity index (χ0) is 15.5. The number of nitrogens with one attached hydrogen (secondary N) is 2. The Bertz CT molecular complexity index is 507. The lowest BCUT2D eigenvalue weighted by molar-refractivity contribution is -0.892. The van der Waals surface area contributed by atoms with Crippen LogP contribution < -0.4 is 15.1 Å². The van der Waals surface area contributed by atoms with Crippen LogP contribution in [0.25, 0.3) is 0 Å². The number of hydrogen-bond acceptors (Lipinski definition) is 2. The molecule has 1 saturated carbocycles. The molecule has 0 spiro atoms. The molecule has 3 rings (SSSR count). The maximum atomic E-state index is 13.0. The van der Waals surface area contributed by atoms with Crippen LogP contribution in [0.15, 0.2) is 24.3 Å². The van der Waals surface area contributed by atoms with Crippen molar-refractivity contribution in [1.82, 2.24) is 5.32 Å². The molecule has 4 nitrogen and oxygen atoms in total. The molecule has 0 bridgehead atoms. The quantitative estimate of drug-likeness (QED) is 0.828. The summed E-state index contributed by atoms with van der Waals surface area (Å²) in [7, 11) is 0. The van der Waals surface area contributed by atoms with Crippen LogP contribution >= 0.6 is 0 Å². The highest BCUT2D eigenvalue weighted by molar-refractivity contribution is 5.77. The number of halogens is 1. The van der Waals surface area contributed by atoms with Gasteiger partial charge < -0.3 is 15.1 Å². The number of anilines is 1. The molecule has 0 aromatic heterocycles. The van der Waals surface area contributed by atoms with Crippen LogP contribution in [0.3, 0.4) is 0 Å². The molecule has 22 heavy (non-hydrogen) atoms. The van der Waals surface area contributed by atoms with Crippen LogP contribution in [0.2, 0.25) is 0 Å². The summed E-state index contributed by atoms with van der Waals surface area (Å²) in [6.45, 7) is 6.38. The molecular weight excluding hydrogens is 281 g/mol. The van der Waals surface area contributed by atoms with Crippen molar-refractivity contribution in [3.8, 4) is 0 Å². The summed E-state index contributed by atoms with van der Waals surface area (Å²) >= 11 is 0. The van der Waals surface area contributed by atoms with Crippen molar-refractivity contribution in [2.45, 2.75) is 25.8 Å². The average Bonchev–Trinajstić information content (AvgIpc) is 3.33. The monoisotopic (exact) mass is 306 g/mol. The van der Waals surface area contributed by atoms with Crippen LogP contribution in [-0.4, -0.2) is 44.7 Å². The molecule has 1 saturated heterocycles. The molecule has 2 fully saturated rings. The van der Waals surface area contributed by atoms with Gasteiger partial charge >= 0.3 is 0 Å². The maximum Gasteiger partial charge on any atom is 0.275 e. The fourth-order valence-corrected chi connectivity index (χ4v) is 3.16. The molecule has 0 unspecified atom stereocenters. The number of carbonyl (C=O) groups excluding carboxylic acids is 1. The van der Waals surface area contributed by atoms with Gasteiger partial charge in [0.1, 0.15) is 5.82 Å². The number of hydrogen-bond donors (Lipinski definition) is 2. The number of rotatable bonds is 5.